The van der Waals surface area contributed by atoms with Gasteiger partial charge in [0.15, 0.2) is 0 Å². The summed E-state index contributed by atoms with van der Waals surface area (Å²) in [6.07, 6.45) is 3.27. The van der Waals surface area contributed by atoms with Gasteiger partial charge in [-0.15, -0.1) is 0 Å². The van der Waals surface area contributed by atoms with Gasteiger partial charge in [-0.2, -0.15) is 11.8 Å². The molecule has 0 amide bonds. The minimum absolute atomic E-state index is 0.609. The molecular formula is C14H24N4S. The van der Waals surface area contributed by atoms with Crippen LogP contribution in [-0.4, -0.2) is 41.6 Å². The van der Waals surface area contributed by atoms with Crippen molar-refractivity contribution in [3.05, 3.63) is 11.4 Å². The lowest BCUT2D eigenvalue weighted by atomic mass is 10.2. The molecule has 0 aliphatic carbocycles. The number of aryl methyl sites for hydroxylation is 1. The van der Waals surface area contributed by atoms with Crippen LogP contribution >= 0.6 is 11.8 Å². The Bertz CT molecular complexity index is 430. The molecule has 1 N–H and O–H groups in total. The predicted molar refractivity (Wildman–Crippen MR) is 84.4 cm³/mol. The number of nitrogens with zero attached hydrogens (tertiary/aromatic N) is 3. The number of hydrogen-bond acceptors (Lipinski definition) is 5. The zero-order chi connectivity index (χ0) is 13.8. The highest BCUT2D eigenvalue weighted by molar-refractivity contribution is 7.99. The Morgan fingerprint density at radius 3 is 2.79 bits per heavy atom. The minimum Gasteiger partial charge on any atom is -0.373 e. The standard InChI is InChI=1S/C14H24N4S/c1-5-6-12-16-13(15-3)10(2)14(17-12)18(4)11-7-8-19-9-11/h11H,5-9H2,1-4H3,(H,15,16,17). The van der Waals surface area contributed by atoms with Crippen LogP contribution in [0.3, 0.4) is 0 Å². The van der Waals surface area contributed by atoms with Crippen molar-refractivity contribution in [2.45, 2.75) is 39.2 Å². The summed E-state index contributed by atoms with van der Waals surface area (Å²) in [4.78, 5) is 11.7. The van der Waals surface area contributed by atoms with Crippen molar-refractivity contribution in [2.75, 3.05) is 35.8 Å². The molecule has 5 heteroatoms. The van der Waals surface area contributed by atoms with Crippen LogP contribution < -0.4 is 10.2 Å². The minimum atomic E-state index is 0.609. The molecule has 19 heavy (non-hydrogen) atoms. The summed E-state index contributed by atoms with van der Waals surface area (Å²) in [7, 11) is 4.10. The van der Waals surface area contributed by atoms with E-state index in [2.05, 4.69) is 36.1 Å². The lowest BCUT2D eigenvalue weighted by Gasteiger charge is -2.27. The fourth-order valence-corrected chi connectivity index (χ4v) is 3.74. The molecule has 1 aliphatic rings. The highest BCUT2D eigenvalue weighted by atomic mass is 32.2. The van der Waals surface area contributed by atoms with E-state index in [1.165, 1.54) is 17.9 Å². The molecule has 0 radical (unpaired) electrons. The monoisotopic (exact) mass is 280 g/mol. The zero-order valence-corrected chi connectivity index (χ0v) is 13.2. The van der Waals surface area contributed by atoms with Crippen LogP contribution in [0.4, 0.5) is 11.6 Å². The summed E-state index contributed by atoms with van der Waals surface area (Å²) in [5.41, 5.74) is 1.15. The molecule has 1 aliphatic heterocycles. The maximum Gasteiger partial charge on any atom is 0.137 e. The highest BCUT2D eigenvalue weighted by Gasteiger charge is 2.23. The molecule has 4 nitrogen and oxygen atoms in total. The maximum atomic E-state index is 4.78. The third kappa shape index (κ3) is 3.14. The van der Waals surface area contributed by atoms with E-state index in [1.807, 2.05) is 18.8 Å². The van der Waals surface area contributed by atoms with Gasteiger partial charge in [0.25, 0.3) is 0 Å². The van der Waals surface area contributed by atoms with E-state index >= 15 is 0 Å². The van der Waals surface area contributed by atoms with Crippen LogP contribution in [0, 0.1) is 6.92 Å². The van der Waals surface area contributed by atoms with E-state index in [0.29, 0.717) is 6.04 Å². The summed E-state index contributed by atoms with van der Waals surface area (Å²) >= 11 is 2.03. The van der Waals surface area contributed by atoms with Crippen LogP contribution in [0.2, 0.25) is 0 Å². The Balaban J connectivity index is 2.33. The lowest BCUT2D eigenvalue weighted by molar-refractivity contribution is 0.683. The summed E-state index contributed by atoms with van der Waals surface area (Å²) < 4.78 is 0. The summed E-state index contributed by atoms with van der Waals surface area (Å²) in [5.74, 6) is 5.48. The number of thioether (sulfide) groups is 1. The molecule has 1 unspecified atom stereocenters. The van der Waals surface area contributed by atoms with Crippen molar-refractivity contribution in [3.63, 3.8) is 0 Å². The Hall–Kier alpha value is -0.970. The van der Waals surface area contributed by atoms with E-state index in [-0.39, 0.29) is 0 Å². The third-order valence-corrected chi connectivity index (χ3v) is 4.81. The number of rotatable bonds is 5. The Morgan fingerprint density at radius 1 is 1.42 bits per heavy atom. The average Bonchev–Trinajstić information content (AvgIpc) is 2.94. The van der Waals surface area contributed by atoms with Crippen molar-refractivity contribution in [1.29, 1.82) is 0 Å². The number of anilines is 2. The van der Waals surface area contributed by atoms with Gasteiger partial charge in [0, 0.05) is 37.9 Å². The van der Waals surface area contributed by atoms with Gasteiger partial charge < -0.3 is 10.2 Å². The Kier molecular flexibility index (Phi) is 4.91. The van der Waals surface area contributed by atoms with Crippen LogP contribution in [-0.2, 0) is 6.42 Å². The zero-order valence-electron chi connectivity index (χ0n) is 12.4. The van der Waals surface area contributed by atoms with Gasteiger partial charge in [-0.3, -0.25) is 0 Å². The average molecular weight is 280 g/mol. The summed E-state index contributed by atoms with van der Waals surface area (Å²) in [5, 5.41) is 3.20. The Morgan fingerprint density at radius 2 is 2.21 bits per heavy atom. The molecule has 0 spiro atoms. The highest BCUT2D eigenvalue weighted by Crippen LogP contribution is 2.29. The quantitative estimate of drug-likeness (QED) is 0.898. The predicted octanol–water partition coefficient (Wildman–Crippen LogP) is 2.72. The van der Waals surface area contributed by atoms with E-state index in [4.69, 9.17) is 4.98 Å². The SMILES string of the molecule is CCCc1nc(NC)c(C)c(N(C)C2CCSC2)n1. The third-order valence-electron chi connectivity index (χ3n) is 3.66. The molecule has 2 rings (SSSR count). The van der Waals surface area contributed by atoms with E-state index in [1.54, 1.807) is 0 Å². The van der Waals surface area contributed by atoms with Gasteiger partial charge >= 0.3 is 0 Å². The maximum absolute atomic E-state index is 4.78. The van der Waals surface area contributed by atoms with Gasteiger partial charge in [0.2, 0.25) is 0 Å². The first-order valence-electron chi connectivity index (χ1n) is 7.03. The van der Waals surface area contributed by atoms with E-state index < -0.39 is 0 Å². The van der Waals surface area contributed by atoms with E-state index in [9.17, 15) is 0 Å². The second-order valence-corrected chi connectivity index (χ2v) is 6.22. The molecule has 1 atom stereocenters. The second-order valence-electron chi connectivity index (χ2n) is 5.07. The molecule has 106 valence electrons. The smallest absolute Gasteiger partial charge is 0.137 e. The molecule has 1 aromatic rings. The summed E-state index contributed by atoms with van der Waals surface area (Å²) in [6.45, 7) is 4.27. The van der Waals surface area contributed by atoms with Gasteiger partial charge in [-0.25, -0.2) is 9.97 Å². The molecule has 0 bridgehead atoms. The van der Waals surface area contributed by atoms with Crippen molar-refractivity contribution in [2.24, 2.45) is 0 Å². The first-order valence-corrected chi connectivity index (χ1v) is 8.18. The van der Waals surface area contributed by atoms with Gasteiger partial charge in [0.1, 0.15) is 17.5 Å². The second kappa shape index (κ2) is 6.46. The first-order chi connectivity index (χ1) is 9.17. The molecule has 0 saturated carbocycles. The van der Waals surface area contributed by atoms with Crippen LogP contribution in [0.15, 0.2) is 0 Å². The van der Waals surface area contributed by atoms with E-state index in [0.717, 1.165) is 35.9 Å². The summed E-state index contributed by atoms with van der Waals surface area (Å²) in [6, 6.07) is 0.609. The number of aromatic nitrogens is 2. The van der Waals surface area contributed by atoms with Gasteiger partial charge in [-0.1, -0.05) is 6.92 Å². The fraction of sp³-hybridized carbons (Fsp3) is 0.714. The molecule has 2 heterocycles. The molecular weight excluding hydrogens is 256 g/mol. The largest absolute Gasteiger partial charge is 0.373 e. The van der Waals surface area contributed by atoms with Gasteiger partial charge in [-0.05, 0) is 25.5 Å². The van der Waals surface area contributed by atoms with Gasteiger partial charge in [0.05, 0.1) is 0 Å². The van der Waals surface area contributed by atoms with Crippen molar-refractivity contribution in [3.8, 4) is 0 Å². The number of nitrogens with one attached hydrogen (secondary N) is 1. The van der Waals surface area contributed by atoms with Crippen molar-refractivity contribution < 1.29 is 0 Å². The topological polar surface area (TPSA) is 41.1 Å². The number of hydrogen-bond donors (Lipinski definition) is 1. The first kappa shape index (κ1) is 14.4. The molecule has 1 saturated heterocycles. The van der Waals surface area contributed by atoms with Crippen molar-refractivity contribution in [1.82, 2.24) is 9.97 Å². The normalized spacial score (nSPS) is 18.6. The Labute approximate surface area is 120 Å². The molecule has 1 fully saturated rings. The van der Waals surface area contributed by atoms with Crippen LogP contribution in [0.5, 0.6) is 0 Å². The van der Waals surface area contributed by atoms with Crippen molar-refractivity contribution >= 4 is 23.4 Å². The molecule has 1 aromatic heterocycles. The lowest BCUT2D eigenvalue weighted by Crippen LogP contribution is -2.33. The fourth-order valence-electron chi connectivity index (χ4n) is 2.47. The van der Waals surface area contributed by atoms with Crippen LogP contribution in [0.1, 0.15) is 31.2 Å². The molecule has 0 aromatic carbocycles. The van der Waals surface area contributed by atoms with Crippen LogP contribution in [0.25, 0.3) is 0 Å².